The highest BCUT2D eigenvalue weighted by Crippen LogP contribution is 2.14. The van der Waals surface area contributed by atoms with Gasteiger partial charge in [-0.1, -0.05) is 0 Å². The molecule has 0 aliphatic rings. The largest absolute Gasteiger partial charge is 0.444 e. The third-order valence-electron chi connectivity index (χ3n) is 3.18. The van der Waals surface area contributed by atoms with Crippen molar-refractivity contribution < 1.29 is 23.9 Å². The Kier molecular flexibility index (Phi) is 8.44. The zero-order valence-corrected chi connectivity index (χ0v) is 16.2. The number of benzene rings is 1. The second kappa shape index (κ2) is 10.3. The van der Waals surface area contributed by atoms with Crippen LogP contribution in [0, 0.1) is 0 Å². The number of Topliss-reactive ketones (excluding diaryl/α,β-unsaturated/α-hetero) is 1. The summed E-state index contributed by atoms with van der Waals surface area (Å²) in [6, 6.07) is 6.61. The molecule has 0 spiro atoms. The molecule has 148 valence electrons. The van der Waals surface area contributed by atoms with Gasteiger partial charge in [-0.2, -0.15) is 0 Å². The van der Waals surface area contributed by atoms with Crippen molar-refractivity contribution in [2.75, 3.05) is 17.2 Å². The number of alkyl carbamates (subject to hydrolysis) is 1. The third-order valence-corrected chi connectivity index (χ3v) is 3.18. The van der Waals surface area contributed by atoms with E-state index < -0.39 is 11.7 Å². The van der Waals surface area contributed by atoms with Crippen LogP contribution in [0.15, 0.2) is 24.3 Å². The number of amides is 3. The van der Waals surface area contributed by atoms with Crippen molar-refractivity contribution in [1.82, 2.24) is 5.32 Å². The highest BCUT2D eigenvalue weighted by atomic mass is 16.6. The Morgan fingerprint density at radius 3 is 1.78 bits per heavy atom. The number of nitrogens with one attached hydrogen (secondary N) is 3. The Hall–Kier alpha value is -2.90. The van der Waals surface area contributed by atoms with Crippen LogP contribution in [-0.4, -0.2) is 35.8 Å². The van der Waals surface area contributed by atoms with Gasteiger partial charge in [0.1, 0.15) is 11.4 Å². The normalized spacial score (nSPS) is 10.7. The Morgan fingerprint density at radius 1 is 0.852 bits per heavy atom. The van der Waals surface area contributed by atoms with Crippen LogP contribution in [0.4, 0.5) is 16.2 Å². The zero-order valence-electron chi connectivity index (χ0n) is 16.2. The van der Waals surface area contributed by atoms with Gasteiger partial charge in [-0.15, -0.1) is 0 Å². The molecular weight excluding hydrogens is 350 g/mol. The van der Waals surface area contributed by atoms with Crippen molar-refractivity contribution in [3.8, 4) is 0 Å². The number of anilines is 2. The molecule has 0 atom stereocenters. The van der Waals surface area contributed by atoms with Gasteiger partial charge in [0.15, 0.2) is 0 Å². The van der Waals surface area contributed by atoms with E-state index in [4.69, 9.17) is 4.74 Å². The summed E-state index contributed by atoms with van der Waals surface area (Å²) < 4.78 is 5.08. The summed E-state index contributed by atoms with van der Waals surface area (Å²) in [5.74, 6) is -0.538. The minimum atomic E-state index is -0.588. The predicted octanol–water partition coefficient (Wildman–Crippen LogP) is 2.85. The Morgan fingerprint density at radius 2 is 1.33 bits per heavy atom. The average molecular weight is 377 g/mol. The lowest BCUT2D eigenvalue weighted by atomic mass is 10.2. The van der Waals surface area contributed by atoms with Crippen molar-refractivity contribution in [1.29, 1.82) is 0 Å². The van der Waals surface area contributed by atoms with E-state index in [1.807, 2.05) is 0 Å². The van der Waals surface area contributed by atoms with E-state index in [0.717, 1.165) is 0 Å². The van der Waals surface area contributed by atoms with Gasteiger partial charge in [0.05, 0.1) is 0 Å². The van der Waals surface area contributed by atoms with Gasteiger partial charge in [0, 0.05) is 37.2 Å². The predicted molar refractivity (Wildman–Crippen MR) is 102 cm³/mol. The summed E-state index contributed by atoms with van der Waals surface area (Å²) in [5.41, 5.74) is 0.558. The maximum atomic E-state index is 11.9. The molecule has 0 heterocycles. The van der Waals surface area contributed by atoms with Crippen LogP contribution >= 0.6 is 0 Å². The molecule has 3 amide bonds. The zero-order chi connectivity index (χ0) is 20.4. The number of carbonyl (C=O) groups is 4. The second-order valence-electron chi connectivity index (χ2n) is 7.05. The molecule has 1 rings (SSSR count). The molecule has 0 bridgehead atoms. The number of hydrogen-bond donors (Lipinski definition) is 3. The SMILES string of the molecule is CC(=O)CCC(=O)Nc1ccc(NC(=O)CCNC(=O)OC(C)(C)C)cc1. The number of rotatable bonds is 8. The molecule has 1 aromatic rings. The number of ether oxygens (including phenoxy) is 1. The molecule has 0 saturated heterocycles. The first-order valence-corrected chi connectivity index (χ1v) is 8.71. The van der Waals surface area contributed by atoms with Gasteiger partial charge >= 0.3 is 6.09 Å². The van der Waals surface area contributed by atoms with E-state index in [-0.39, 0.29) is 43.4 Å². The van der Waals surface area contributed by atoms with Crippen LogP contribution < -0.4 is 16.0 Å². The Balaban J connectivity index is 2.35. The Bertz CT molecular complexity index is 678. The summed E-state index contributed by atoms with van der Waals surface area (Å²) in [7, 11) is 0. The highest BCUT2D eigenvalue weighted by molar-refractivity contribution is 5.94. The third kappa shape index (κ3) is 10.6. The van der Waals surface area contributed by atoms with Gasteiger partial charge < -0.3 is 25.5 Å². The highest BCUT2D eigenvalue weighted by Gasteiger charge is 2.15. The summed E-state index contributed by atoms with van der Waals surface area (Å²) in [6.07, 6.45) is -0.126. The monoisotopic (exact) mass is 377 g/mol. The Labute approximate surface area is 159 Å². The molecule has 0 radical (unpaired) electrons. The van der Waals surface area contributed by atoms with Crippen LogP contribution in [0.3, 0.4) is 0 Å². The molecule has 0 fully saturated rings. The van der Waals surface area contributed by atoms with E-state index in [0.29, 0.717) is 11.4 Å². The summed E-state index contributed by atoms with van der Waals surface area (Å²) in [4.78, 5) is 45.9. The minimum absolute atomic E-state index is 0.0376. The minimum Gasteiger partial charge on any atom is -0.444 e. The molecule has 1 aromatic carbocycles. The molecule has 0 aliphatic carbocycles. The first-order chi connectivity index (χ1) is 12.5. The van der Waals surface area contributed by atoms with Gasteiger partial charge in [-0.3, -0.25) is 9.59 Å². The maximum Gasteiger partial charge on any atom is 0.407 e. The standard InChI is InChI=1S/C19H27N3O5/c1-13(23)5-10-16(24)21-14-6-8-15(9-7-14)22-17(25)11-12-20-18(26)27-19(2,3)4/h6-9H,5,10-12H2,1-4H3,(H,20,26)(H,21,24)(H,22,25). The molecular formula is C19H27N3O5. The van der Waals surface area contributed by atoms with E-state index in [1.54, 1.807) is 45.0 Å². The maximum absolute atomic E-state index is 11.9. The number of hydrogen-bond acceptors (Lipinski definition) is 5. The molecule has 27 heavy (non-hydrogen) atoms. The first-order valence-electron chi connectivity index (χ1n) is 8.71. The van der Waals surface area contributed by atoms with Crippen LogP contribution in [-0.2, 0) is 19.1 Å². The lowest BCUT2D eigenvalue weighted by molar-refractivity contribution is -0.121. The molecule has 0 aliphatic heterocycles. The van der Waals surface area contributed by atoms with Crippen LogP contribution in [0.2, 0.25) is 0 Å². The topological polar surface area (TPSA) is 114 Å². The molecule has 0 unspecified atom stereocenters. The van der Waals surface area contributed by atoms with E-state index in [2.05, 4.69) is 16.0 Å². The molecule has 8 heteroatoms. The first kappa shape index (κ1) is 22.1. The molecule has 0 saturated carbocycles. The number of carbonyl (C=O) groups excluding carboxylic acids is 4. The summed E-state index contributed by atoms with van der Waals surface area (Å²) >= 11 is 0. The average Bonchev–Trinajstić information content (AvgIpc) is 2.53. The summed E-state index contributed by atoms with van der Waals surface area (Å²) in [6.45, 7) is 6.87. The lowest BCUT2D eigenvalue weighted by Crippen LogP contribution is -2.34. The van der Waals surface area contributed by atoms with Crippen molar-refractivity contribution >= 4 is 35.1 Å². The molecule has 3 N–H and O–H groups in total. The fourth-order valence-corrected chi connectivity index (χ4v) is 1.97. The van der Waals surface area contributed by atoms with E-state index >= 15 is 0 Å². The molecule has 0 aromatic heterocycles. The van der Waals surface area contributed by atoms with Crippen LogP contribution in [0.5, 0.6) is 0 Å². The smallest absolute Gasteiger partial charge is 0.407 e. The van der Waals surface area contributed by atoms with Gasteiger partial charge in [-0.05, 0) is 52.0 Å². The second-order valence-corrected chi connectivity index (χ2v) is 7.05. The van der Waals surface area contributed by atoms with Gasteiger partial charge in [0.2, 0.25) is 11.8 Å². The quantitative estimate of drug-likeness (QED) is 0.645. The van der Waals surface area contributed by atoms with Crippen LogP contribution in [0.25, 0.3) is 0 Å². The van der Waals surface area contributed by atoms with Crippen molar-refractivity contribution in [2.45, 2.75) is 52.6 Å². The van der Waals surface area contributed by atoms with E-state index in [9.17, 15) is 19.2 Å². The van der Waals surface area contributed by atoms with Crippen LogP contribution in [0.1, 0.15) is 47.0 Å². The van der Waals surface area contributed by atoms with Gasteiger partial charge in [-0.25, -0.2) is 4.79 Å². The fraction of sp³-hybridized carbons (Fsp3) is 0.474. The van der Waals surface area contributed by atoms with Gasteiger partial charge in [0.25, 0.3) is 0 Å². The fourth-order valence-electron chi connectivity index (χ4n) is 1.97. The van der Waals surface area contributed by atoms with Crippen molar-refractivity contribution in [2.24, 2.45) is 0 Å². The number of ketones is 1. The molecule has 8 nitrogen and oxygen atoms in total. The summed E-state index contributed by atoms with van der Waals surface area (Å²) in [5, 5.41) is 7.89. The van der Waals surface area contributed by atoms with Crippen molar-refractivity contribution in [3.63, 3.8) is 0 Å². The lowest BCUT2D eigenvalue weighted by Gasteiger charge is -2.19. The van der Waals surface area contributed by atoms with E-state index in [1.165, 1.54) is 6.92 Å². The van der Waals surface area contributed by atoms with Crippen molar-refractivity contribution in [3.05, 3.63) is 24.3 Å².